The summed E-state index contributed by atoms with van der Waals surface area (Å²) in [4.78, 5) is 7.06. The van der Waals surface area contributed by atoms with Crippen LogP contribution in [-0.4, -0.2) is 29.4 Å². The quantitative estimate of drug-likeness (QED) is 0.634. The van der Waals surface area contributed by atoms with Crippen molar-refractivity contribution in [3.05, 3.63) is 18.6 Å². The van der Waals surface area contributed by atoms with Gasteiger partial charge >= 0.3 is 0 Å². The lowest BCUT2D eigenvalue weighted by molar-refractivity contribution is 0.358. The molecule has 1 rings (SSSR count). The van der Waals surface area contributed by atoms with Gasteiger partial charge in [0.25, 0.3) is 0 Å². The molecule has 0 amide bonds. The van der Waals surface area contributed by atoms with E-state index < -0.39 is 15.8 Å². The summed E-state index contributed by atoms with van der Waals surface area (Å²) in [5.41, 5.74) is 0. The molecule has 0 saturated heterocycles. The van der Waals surface area contributed by atoms with Crippen molar-refractivity contribution in [2.45, 2.75) is 5.03 Å². The number of rotatable bonds is 2. The number of sulfone groups is 1. The van der Waals surface area contributed by atoms with Crippen molar-refractivity contribution in [2.75, 3.05) is 5.94 Å². The highest BCUT2D eigenvalue weighted by Crippen LogP contribution is 2.02. The van der Waals surface area contributed by atoms with Gasteiger partial charge < -0.3 is 5.11 Å². The average Bonchev–Trinajstić information content (AvgIpc) is 2.06. The van der Waals surface area contributed by atoms with E-state index in [2.05, 4.69) is 9.97 Å². The van der Waals surface area contributed by atoms with E-state index in [1.54, 1.807) is 0 Å². The maximum Gasteiger partial charge on any atom is 0.220 e. The molecule has 0 spiro atoms. The van der Waals surface area contributed by atoms with Crippen LogP contribution in [0.25, 0.3) is 0 Å². The largest absolute Gasteiger partial charge is 0.380 e. The molecule has 11 heavy (non-hydrogen) atoms. The maximum absolute atomic E-state index is 10.8. The van der Waals surface area contributed by atoms with E-state index in [1.807, 2.05) is 0 Å². The summed E-state index contributed by atoms with van der Waals surface area (Å²) in [6.45, 7) is 0. The molecule has 5 nitrogen and oxygen atoms in total. The fraction of sp³-hybridized carbons (Fsp3) is 0.200. The fourth-order valence-corrected chi connectivity index (χ4v) is 1.09. The molecule has 0 unspecified atom stereocenters. The molecular formula is C5H6N2O3S. The van der Waals surface area contributed by atoms with Crippen molar-refractivity contribution in [3.8, 4) is 0 Å². The van der Waals surface area contributed by atoms with Gasteiger partial charge in [-0.25, -0.2) is 13.4 Å². The highest BCUT2D eigenvalue weighted by molar-refractivity contribution is 7.91. The van der Waals surface area contributed by atoms with E-state index in [0.717, 1.165) is 6.20 Å². The van der Waals surface area contributed by atoms with Crippen LogP contribution in [0.4, 0.5) is 0 Å². The average molecular weight is 174 g/mol. The summed E-state index contributed by atoms with van der Waals surface area (Å²) in [7, 11) is -3.62. The molecule has 1 heterocycles. The van der Waals surface area contributed by atoms with E-state index in [0.29, 0.717) is 0 Å². The first kappa shape index (κ1) is 8.09. The van der Waals surface area contributed by atoms with E-state index >= 15 is 0 Å². The third-order valence-corrected chi connectivity index (χ3v) is 2.22. The molecule has 0 aliphatic heterocycles. The van der Waals surface area contributed by atoms with Crippen LogP contribution in [0.2, 0.25) is 0 Å². The molecule has 1 aromatic heterocycles. The van der Waals surface area contributed by atoms with Crippen LogP contribution in [0.1, 0.15) is 0 Å². The highest BCUT2D eigenvalue weighted by Gasteiger charge is 2.13. The Morgan fingerprint density at radius 2 is 2.18 bits per heavy atom. The van der Waals surface area contributed by atoms with Crippen LogP contribution in [0, 0.1) is 0 Å². The molecule has 0 atom stereocenters. The van der Waals surface area contributed by atoms with Crippen molar-refractivity contribution in [2.24, 2.45) is 0 Å². The molecule has 60 valence electrons. The third-order valence-electron chi connectivity index (χ3n) is 1.03. The molecule has 0 saturated carbocycles. The van der Waals surface area contributed by atoms with Crippen molar-refractivity contribution >= 4 is 9.84 Å². The first-order chi connectivity index (χ1) is 5.17. The first-order valence-electron chi connectivity index (χ1n) is 2.76. The van der Waals surface area contributed by atoms with E-state index in [4.69, 9.17) is 5.11 Å². The Morgan fingerprint density at radius 3 is 2.64 bits per heavy atom. The van der Waals surface area contributed by atoms with E-state index in [-0.39, 0.29) is 5.03 Å². The van der Waals surface area contributed by atoms with Gasteiger partial charge in [-0.3, -0.25) is 4.98 Å². The Morgan fingerprint density at radius 1 is 1.45 bits per heavy atom. The van der Waals surface area contributed by atoms with Crippen LogP contribution in [0.5, 0.6) is 0 Å². The fourth-order valence-electron chi connectivity index (χ4n) is 0.512. The van der Waals surface area contributed by atoms with Gasteiger partial charge in [0.15, 0.2) is 11.0 Å². The molecule has 0 radical (unpaired) electrons. The zero-order chi connectivity index (χ0) is 8.32. The van der Waals surface area contributed by atoms with Crippen LogP contribution >= 0.6 is 0 Å². The van der Waals surface area contributed by atoms with Crippen LogP contribution in [-0.2, 0) is 9.84 Å². The van der Waals surface area contributed by atoms with Crippen LogP contribution in [0.15, 0.2) is 23.6 Å². The minimum absolute atomic E-state index is 0.206. The Kier molecular flexibility index (Phi) is 2.16. The topological polar surface area (TPSA) is 80.2 Å². The normalized spacial score (nSPS) is 11.4. The molecular weight excluding hydrogens is 168 g/mol. The summed E-state index contributed by atoms with van der Waals surface area (Å²) in [5.74, 6) is -0.939. The summed E-state index contributed by atoms with van der Waals surface area (Å²) in [6, 6.07) is 0. The number of hydrogen-bond donors (Lipinski definition) is 1. The zero-order valence-electron chi connectivity index (χ0n) is 5.51. The second-order valence-corrected chi connectivity index (χ2v) is 3.69. The Hall–Kier alpha value is -1.01. The predicted molar refractivity (Wildman–Crippen MR) is 36.3 cm³/mol. The lowest BCUT2D eigenvalue weighted by Crippen LogP contribution is -2.07. The van der Waals surface area contributed by atoms with Gasteiger partial charge in [-0.05, 0) is 0 Å². The predicted octanol–water partition coefficient (Wildman–Crippen LogP) is -0.800. The Balaban J connectivity index is 3.14. The summed E-state index contributed by atoms with van der Waals surface area (Å²) >= 11 is 0. The molecule has 0 bridgehead atoms. The number of aliphatic hydroxyl groups excluding tert-OH is 1. The molecule has 1 N–H and O–H groups in total. The molecule has 0 aliphatic carbocycles. The summed E-state index contributed by atoms with van der Waals surface area (Å²) in [5, 5.41) is 8.19. The number of hydrogen-bond acceptors (Lipinski definition) is 5. The number of aromatic nitrogens is 2. The van der Waals surface area contributed by atoms with Crippen LogP contribution in [0.3, 0.4) is 0 Å². The zero-order valence-corrected chi connectivity index (χ0v) is 6.32. The second kappa shape index (κ2) is 2.93. The molecule has 0 aliphatic rings. The van der Waals surface area contributed by atoms with Gasteiger partial charge in [-0.15, -0.1) is 0 Å². The van der Waals surface area contributed by atoms with Crippen molar-refractivity contribution in [1.29, 1.82) is 0 Å². The molecule has 6 heteroatoms. The van der Waals surface area contributed by atoms with E-state index in [9.17, 15) is 8.42 Å². The molecule has 0 fully saturated rings. The van der Waals surface area contributed by atoms with Crippen LogP contribution < -0.4 is 0 Å². The second-order valence-electron chi connectivity index (χ2n) is 1.79. The maximum atomic E-state index is 10.8. The summed E-state index contributed by atoms with van der Waals surface area (Å²) < 4.78 is 21.7. The minimum atomic E-state index is -3.62. The minimum Gasteiger partial charge on any atom is -0.380 e. The third kappa shape index (κ3) is 1.72. The number of nitrogens with zero attached hydrogens (tertiary/aromatic N) is 2. The van der Waals surface area contributed by atoms with E-state index in [1.165, 1.54) is 12.4 Å². The SMILES string of the molecule is O=S(=O)(CO)c1cnccn1. The monoisotopic (exact) mass is 174 g/mol. The first-order valence-corrected chi connectivity index (χ1v) is 4.41. The van der Waals surface area contributed by atoms with Gasteiger partial charge in [0, 0.05) is 12.4 Å². The van der Waals surface area contributed by atoms with Crippen molar-refractivity contribution < 1.29 is 13.5 Å². The standard InChI is InChI=1S/C5H6N2O3S/c8-4-11(9,10)5-3-6-1-2-7-5/h1-3,8H,4H2. The van der Waals surface area contributed by atoms with Gasteiger partial charge in [-0.1, -0.05) is 0 Å². The lowest BCUT2D eigenvalue weighted by Gasteiger charge is -1.95. The van der Waals surface area contributed by atoms with Gasteiger partial charge in [0.2, 0.25) is 9.84 Å². The van der Waals surface area contributed by atoms with Crippen molar-refractivity contribution in [1.82, 2.24) is 9.97 Å². The van der Waals surface area contributed by atoms with Gasteiger partial charge in [0.05, 0.1) is 6.20 Å². The van der Waals surface area contributed by atoms with Gasteiger partial charge in [-0.2, -0.15) is 0 Å². The van der Waals surface area contributed by atoms with Crippen molar-refractivity contribution in [3.63, 3.8) is 0 Å². The molecule has 1 aromatic rings. The van der Waals surface area contributed by atoms with Gasteiger partial charge in [0.1, 0.15) is 0 Å². The number of aliphatic hydroxyl groups is 1. The smallest absolute Gasteiger partial charge is 0.220 e. The Labute approximate surface area is 63.7 Å². The highest BCUT2D eigenvalue weighted by atomic mass is 32.2. The molecule has 0 aromatic carbocycles. The summed E-state index contributed by atoms with van der Waals surface area (Å²) in [6.07, 6.45) is 3.70. The Bertz CT molecular complexity index is 321. The lowest BCUT2D eigenvalue weighted by atomic mass is 10.8.